The summed E-state index contributed by atoms with van der Waals surface area (Å²) in [5, 5.41) is 12.4. The fraction of sp³-hybridized carbons (Fsp3) is 0.647. The van der Waals surface area contributed by atoms with Gasteiger partial charge in [-0.05, 0) is 6.92 Å². The van der Waals surface area contributed by atoms with E-state index >= 15 is 0 Å². The Morgan fingerprint density at radius 2 is 2.15 bits per heavy atom. The Labute approximate surface area is 163 Å². The van der Waals surface area contributed by atoms with Crippen LogP contribution in [-0.2, 0) is 20.8 Å². The number of methoxy groups -OCH3 is 1. The van der Waals surface area contributed by atoms with Gasteiger partial charge in [-0.25, -0.2) is 14.6 Å². The topological polar surface area (TPSA) is 103 Å². The third kappa shape index (κ3) is 6.64. The Morgan fingerprint density at radius 1 is 1.33 bits per heavy atom. The van der Waals surface area contributed by atoms with Crippen LogP contribution in [0.5, 0.6) is 0 Å². The molecule has 2 N–H and O–H groups in total. The van der Waals surface area contributed by atoms with Crippen molar-refractivity contribution in [3.8, 4) is 0 Å². The maximum Gasteiger partial charge on any atom is 0.246 e. The minimum Gasteiger partial charge on any atom is -0.380 e. The first-order valence-electron chi connectivity index (χ1n) is 9.02. The van der Waals surface area contributed by atoms with E-state index in [1.165, 1.54) is 7.11 Å². The first kappa shape index (κ1) is 21.4. The molecule has 0 spiro atoms. The lowest BCUT2D eigenvalue weighted by molar-refractivity contribution is -0.124. The standard InChI is InChI=1S/C17H28N6O3S/c1-5-26-9-7-19-15-13-10-20-23(8-6-18-14(24)11-25-4)16(13)22-17(21-15)27-12(2)3/h10,12H,5-9,11H2,1-4H3,(H,18,24)(H,19,21,22). The van der Waals surface area contributed by atoms with Gasteiger partial charge >= 0.3 is 0 Å². The Kier molecular flexibility index (Phi) is 8.76. The summed E-state index contributed by atoms with van der Waals surface area (Å²) in [6.45, 7) is 9.12. The number of hydrogen-bond acceptors (Lipinski definition) is 8. The number of nitrogens with zero attached hydrogens (tertiary/aromatic N) is 4. The zero-order valence-electron chi connectivity index (χ0n) is 16.3. The van der Waals surface area contributed by atoms with Gasteiger partial charge in [0.05, 0.1) is 24.7 Å². The number of rotatable bonds is 12. The van der Waals surface area contributed by atoms with Gasteiger partial charge in [0, 0.05) is 32.1 Å². The summed E-state index contributed by atoms with van der Waals surface area (Å²) in [4.78, 5) is 20.8. The average Bonchev–Trinajstić information content (AvgIpc) is 3.01. The predicted molar refractivity (Wildman–Crippen MR) is 106 cm³/mol. The minimum atomic E-state index is -0.155. The van der Waals surface area contributed by atoms with Crippen LogP contribution in [0.4, 0.5) is 5.82 Å². The summed E-state index contributed by atoms with van der Waals surface area (Å²) >= 11 is 1.60. The van der Waals surface area contributed by atoms with Crippen LogP contribution in [0.2, 0.25) is 0 Å². The van der Waals surface area contributed by atoms with Crippen LogP contribution in [-0.4, -0.2) is 70.9 Å². The molecule has 2 aromatic rings. The summed E-state index contributed by atoms with van der Waals surface area (Å²) < 4.78 is 12.0. The maximum absolute atomic E-state index is 11.5. The average molecular weight is 397 g/mol. The molecule has 27 heavy (non-hydrogen) atoms. The van der Waals surface area contributed by atoms with Crippen molar-refractivity contribution in [1.29, 1.82) is 0 Å². The molecule has 0 fully saturated rings. The summed E-state index contributed by atoms with van der Waals surface area (Å²) in [7, 11) is 1.49. The van der Waals surface area contributed by atoms with Crippen molar-refractivity contribution in [3.05, 3.63) is 6.20 Å². The molecule has 2 rings (SSSR count). The van der Waals surface area contributed by atoms with Gasteiger partial charge in [0.2, 0.25) is 5.91 Å². The second-order valence-electron chi connectivity index (χ2n) is 6.03. The minimum absolute atomic E-state index is 0.0467. The number of carbonyl (C=O) groups is 1. The largest absolute Gasteiger partial charge is 0.380 e. The smallest absolute Gasteiger partial charge is 0.246 e. The van der Waals surface area contributed by atoms with E-state index in [-0.39, 0.29) is 12.5 Å². The molecule has 2 aromatic heterocycles. The van der Waals surface area contributed by atoms with Crippen molar-refractivity contribution >= 4 is 34.5 Å². The van der Waals surface area contributed by atoms with Gasteiger partial charge in [0.1, 0.15) is 12.4 Å². The zero-order valence-corrected chi connectivity index (χ0v) is 17.1. The Balaban J connectivity index is 2.17. The quantitative estimate of drug-likeness (QED) is 0.316. The number of hydrogen-bond donors (Lipinski definition) is 2. The molecule has 9 nitrogen and oxygen atoms in total. The van der Waals surface area contributed by atoms with Crippen molar-refractivity contribution in [1.82, 2.24) is 25.1 Å². The molecule has 0 bridgehead atoms. The molecule has 0 aliphatic carbocycles. The summed E-state index contributed by atoms with van der Waals surface area (Å²) in [6.07, 6.45) is 1.75. The number of ether oxygens (including phenoxy) is 2. The molecule has 2 heterocycles. The molecule has 0 saturated heterocycles. The third-order valence-corrected chi connectivity index (χ3v) is 4.35. The molecule has 0 atom stereocenters. The van der Waals surface area contributed by atoms with E-state index in [2.05, 4.69) is 39.5 Å². The van der Waals surface area contributed by atoms with E-state index in [0.29, 0.717) is 43.3 Å². The van der Waals surface area contributed by atoms with E-state index in [1.807, 2.05) is 6.92 Å². The first-order valence-corrected chi connectivity index (χ1v) is 9.90. The van der Waals surface area contributed by atoms with Gasteiger partial charge in [0.15, 0.2) is 10.8 Å². The lowest BCUT2D eigenvalue weighted by Crippen LogP contribution is -2.30. The molecule has 0 aromatic carbocycles. The zero-order chi connectivity index (χ0) is 19.6. The van der Waals surface area contributed by atoms with Crippen molar-refractivity contribution in [2.45, 2.75) is 37.7 Å². The molecule has 0 unspecified atom stereocenters. The van der Waals surface area contributed by atoms with Crippen LogP contribution >= 0.6 is 11.8 Å². The molecule has 1 amide bonds. The van der Waals surface area contributed by atoms with Gasteiger partial charge in [-0.1, -0.05) is 25.6 Å². The van der Waals surface area contributed by atoms with Crippen molar-refractivity contribution < 1.29 is 14.3 Å². The second-order valence-corrected chi connectivity index (χ2v) is 7.58. The Bertz CT molecular complexity index is 737. The molecule has 0 aliphatic rings. The number of aromatic nitrogens is 4. The second kappa shape index (κ2) is 11.1. The van der Waals surface area contributed by atoms with Crippen LogP contribution in [0, 0.1) is 0 Å². The molecule has 10 heteroatoms. The summed E-state index contributed by atoms with van der Waals surface area (Å²) in [5.41, 5.74) is 0.744. The van der Waals surface area contributed by atoms with Crippen molar-refractivity contribution in [2.24, 2.45) is 0 Å². The summed E-state index contributed by atoms with van der Waals surface area (Å²) in [6, 6.07) is 0. The molecule has 0 radical (unpaired) electrons. The van der Waals surface area contributed by atoms with E-state index in [4.69, 9.17) is 9.47 Å². The van der Waals surface area contributed by atoms with E-state index in [1.54, 1.807) is 22.6 Å². The number of nitrogens with one attached hydrogen (secondary N) is 2. The fourth-order valence-corrected chi connectivity index (χ4v) is 3.07. The van der Waals surface area contributed by atoms with Gasteiger partial charge in [-0.2, -0.15) is 5.10 Å². The van der Waals surface area contributed by atoms with E-state index in [9.17, 15) is 4.79 Å². The van der Waals surface area contributed by atoms with Crippen molar-refractivity contribution in [3.63, 3.8) is 0 Å². The van der Waals surface area contributed by atoms with Gasteiger partial charge in [-0.15, -0.1) is 0 Å². The third-order valence-electron chi connectivity index (χ3n) is 3.48. The van der Waals surface area contributed by atoms with E-state index < -0.39 is 0 Å². The summed E-state index contributed by atoms with van der Waals surface area (Å²) in [5.74, 6) is 0.593. The highest BCUT2D eigenvalue weighted by molar-refractivity contribution is 7.99. The molecular formula is C17H28N6O3S. The predicted octanol–water partition coefficient (Wildman–Crippen LogP) is 1.54. The Morgan fingerprint density at radius 3 is 2.85 bits per heavy atom. The SMILES string of the molecule is CCOCCNc1nc(SC(C)C)nc2c1cnn2CCNC(=O)COC. The Hall–Kier alpha value is -1.91. The number of thioether (sulfide) groups is 1. The van der Waals surface area contributed by atoms with Crippen LogP contribution < -0.4 is 10.6 Å². The number of amides is 1. The highest BCUT2D eigenvalue weighted by Crippen LogP contribution is 2.26. The molecular weight excluding hydrogens is 368 g/mol. The van der Waals surface area contributed by atoms with Gasteiger partial charge in [0.25, 0.3) is 0 Å². The first-order chi connectivity index (χ1) is 13.0. The highest BCUT2D eigenvalue weighted by atomic mass is 32.2. The maximum atomic E-state index is 11.5. The van der Waals surface area contributed by atoms with Crippen molar-refractivity contribution in [2.75, 3.05) is 45.3 Å². The fourth-order valence-electron chi connectivity index (χ4n) is 2.37. The number of anilines is 1. The normalized spacial score (nSPS) is 11.3. The van der Waals surface area contributed by atoms with Gasteiger partial charge in [-0.3, -0.25) is 4.79 Å². The van der Waals surface area contributed by atoms with Crippen LogP contribution in [0.25, 0.3) is 11.0 Å². The lowest BCUT2D eigenvalue weighted by atomic mass is 10.4. The van der Waals surface area contributed by atoms with Crippen LogP contribution in [0.3, 0.4) is 0 Å². The van der Waals surface area contributed by atoms with E-state index in [0.717, 1.165) is 16.9 Å². The van der Waals surface area contributed by atoms with Crippen LogP contribution in [0.1, 0.15) is 20.8 Å². The number of fused-ring (bicyclic) bond motifs is 1. The lowest BCUT2D eigenvalue weighted by Gasteiger charge is -2.11. The van der Waals surface area contributed by atoms with Crippen LogP contribution in [0.15, 0.2) is 11.4 Å². The van der Waals surface area contributed by atoms with Gasteiger partial charge < -0.3 is 20.1 Å². The monoisotopic (exact) mass is 396 g/mol. The molecule has 0 saturated carbocycles. The number of carbonyl (C=O) groups excluding carboxylic acids is 1. The highest BCUT2D eigenvalue weighted by Gasteiger charge is 2.14. The molecule has 0 aliphatic heterocycles. The molecule has 150 valence electrons.